The van der Waals surface area contributed by atoms with Crippen LogP contribution in [0.1, 0.15) is 88.5 Å². The van der Waals surface area contributed by atoms with Crippen molar-refractivity contribution in [1.29, 1.82) is 0 Å². The molecule has 19 heteroatoms. The maximum absolute atomic E-state index is 11.6. The minimum Gasteiger partial charge on any atom is -0.462 e. The van der Waals surface area contributed by atoms with Crippen LogP contribution in [-0.2, 0) is 66.7 Å². The van der Waals surface area contributed by atoms with E-state index in [4.69, 9.17) is 33.2 Å². The highest BCUT2D eigenvalue weighted by Crippen LogP contribution is 2.22. The van der Waals surface area contributed by atoms with Crippen molar-refractivity contribution in [2.24, 2.45) is 16.7 Å². The van der Waals surface area contributed by atoms with Crippen LogP contribution >= 0.6 is 0 Å². The van der Waals surface area contributed by atoms with Crippen molar-refractivity contribution in [3.05, 3.63) is 37.0 Å². The number of aliphatic hydroxyl groups is 1. The normalized spacial score (nSPS) is 11.4. The minimum absolute atomic E-state index is 0.000325. The lowest BCUT2D eigenvalue weighted by atomic mass is 9.91. The minimum atomic E-state index is -1.02. The van der Waals surface area contributed by atoms with Gasteiger partial charge in [-0.2, -0.15) is 0 Å². The van der Waals surface area contributed by atoms with Crippen LogP contribution in [0.5, 0.6) is 0 Å². The number of alkyl carbamates (subject to hydrolysis) is 2. The fraction of sp³-hybridized carbons (Fsp3) is 0.659. The van der Waals surface area contributed by atoms with E-state index >= 15 is 0 Å². The van der Waals surface area contributed by atoms with E-state index in [9.17, 15) is 43.5 Å². The molecule has 0 spiro atoms. The summed E-state index contributed by atoms with van der Waals surface area (Å²) in [6.07, 6.45) is 0.652. The second-order valence-electron chi connectivity index (χ2n) is 14.1. The fourth-order valence-corrected chi connectivity index (χ4v) is 2.93. The van der Waals surface area contributed by atoms with Gasteiger partial charge in [-0.3, -0.25) is 14.4 Å². The maximum atomic E-state index is 11.6. The molecule has 344 valence electrons. The Balaban J connectivity index is -0.000000819. The summed E-state index contributed by atoms with van der Waals surface area (Å²) in [6.45, 7) is 27.5. The van der Waals surface area contributed by atoms with Crippen molar-refractivity contribution >= 4 is 48.0 Å². The number of aliphatic hydroxyl groups excluding tert-OH is 1. The Labute approximate surface area is 353 Å². The van der Waals surface area contributed by atoms with E-state index in [-0.39, 0.29) is 89.8 Å². The molecule has 3 N–H and O–H groups in total. The molecule has 2 amide bonds. The number of hydrogen-bond donors (Lipinski definition) is 3. The summed E-state index contributed by atoms with van der Waals surface area (Å²) in [7, 11) is 0. The highest BCUT2D eigenvalue weighted by atomic mass is 16.6. The third kappa shape index (κ3) is 31.5. The molecule has 0 aromatic heterocycles. The Hall–Kier alpha value is -5.46. The number of hydrogen-bond acceptors (Lipinski definition) is 17. The van der Waals surface area contributed by atoms with E-state index < -0.39 is 47.0 Å². The molecule has 0 aromatic rings. The lowest BCUT2D eigenvalue weighted by molar-refractivity contribution is -0.159. The first kappa shape index (κ1) is 58.9. The number of rotatable bonds is 25. The van der Waals surface area contributed by atoms with Crippen LogP contribution in [0, 0.1) is 16.7 Å². The zero-order valence-corrected chi connectivity index (χ0v) is 37.0. The van der Waals surface area contributed by atoms with Crippen molar-refractivity contribution < 1.29 is 81.4 Å². The summed E-state index contributed by atoms with van der Waals surface area (Å²) in [6, 6.07) is 0. The van der Waals surface area contributed by atoms with Gasteiger partial charge in [0.25, 0.3) is 0 Å². The molecule has 0 saturated heterocycles. The number of esters is 6. The molecule has 2 unspecified atom stereocenters. The highest BCUT2D eigenvalue weighted by molar-refractivity contribution is 5.87. The van der Waals surface area contributed by atoms with Gasteiger partial charge in [0.1, 0.15) is 59.0 Å². The van der Waals surface area contributed by atoms with Gasteiger partial charge >= 0.3 is 48.0 Å². The first-order chi connectivity index (χ1) is 27.9. The third-order valence-corrected chi connectivity index (χ3v) is 7.90. The molecule has 0 aromatic carbocycles. The van der Waals surface area contributed by atoms with Gasteiger partial charge in [0.15, 0.2) is 0 Å². The lowest BCUT2D eigenvalue weighted by Crippen LogP contribution is -2.31. The average molecular weight is 861 g/mol. The predicted molar refractivity (Wildman–Crippen MR) is 218 cm³/mol. The largest absolute Gasteiger partial charge is 0.462 e. The number of ether oxygens (including phenoxy) is 8. The standard InChI is InChI=1S/C15H25NO6.C14H23NO6.C12H20O5/c1-6-15(4,5)13(18)21-9-10-22-14(19)16-7-8-20-12(17)11(2)3;1-5-11(4)13(17)20-8-9-21-14(18)15-6-7-19-12(16)10(2)3;1-5-10(14)16-7-9(13)8-17-11(15)12(3,4)6-2/h2,6-10H2,1,3-5H3,(H,16,19);11H,2,5-9H2,1,3-4H3,(H,15,18);5,9,13H,1,6-8H2,2-4H3. The fourth-order valence-electron chi connectivity index (χ4n) is 2.93. The van der Waals surface area contributed by atoms with Gasteiger partial charge in [-0.1, -0.05) is 47.4 Å². The molecule has 19 nitrogen and oxygen atoms in total. The maximum Gasteiger partial charge on any atom is 0.407 e. The monoisotopic (exact) mass is 860 g/mol. The zero-order valence-electron chi connectivity index (χ0n) is 37.0. The second kappa shape index (κ2) is 33.4. The summed E-state index contributed by atoms with van der Waals surface area (Å²) >= 11 is 0. The van der Waals surface area contributed by atoms with Gasteiger partial charge in [0, 0.05) is 17.2 Å². The first-order valence-electron chi connectivity index (χ1n) is 19.4. The van der Waals surface area contributed by atoms with E-state index in [0.29, 0.717) is 30.4 Å². The lowest BCUT2D eigenvalue weighted by Gasteiger charge is -2.21. The second-order valence-corrected chi connectivity index (χ2v) is 14.1. The van der Waals surface area contributed by atoms with Crippen molar-refractivity contribution in [2.45, 2.75) is 94.6 Å². The molecule has 0 aliphatic rings. The smallest absolute Gasteiger partial charge is 0.407 e. The van der Waals surface area contributed by atoms with E-state index in [1.807, 2.05) is 20.8 Å². The van der Waals surface area contributed by atoms with Crippen LogP contribution in [0.15, 0.2) is 37.0 Å². The molecular weight excluding hydrogens is 792 g/mol. The predicted octanol–water partition coefficient (Wildman–Crippen LogP) is 4.29. The molecule has 0 bridgehead atoms. The van der Waals surface area contributed by atoms with Gasteiger partial charge in [0.05, 0.1) is 29.8 Å². The molecule has 0 radical (unpaired) electrons. The Kier molecular flexibility index (Phi) is 32.7. The van der Waals surface area contributed by atoms with Gasteiger partial charge in [-0.15, -0.1) is 0 Å². The molecule has 60 heavy (non-hydrogen) atoms. The van der Waals surface area contributed by atoms with Crippen LogP contribution in [0.3, 0.4) is 0 Å². The van der Waals surface area contributed by atoms with E-state index in [0.717, 1.165) is 6.08 Å². The van der Waals surface area contributed by atoms with Crippen LogP contribution in [-0.4, -0.2) is 125 Å². The SMILES string of the molecule is C=C(C)C(=O)OCCNC(=O)OCCOC(=O)C(C)(C)CC.C=C(C)C(=O)OCCNC(=O)OCCOC(=O)C(C)CC.C=CC(=O)OCC(O)COC(=O)C(C)(C)CC. The van der Waals surface area contributed by atoms with E-state index in [2.05, 4.69) is 35.1 Å². The van der Waals surface area contributed by atoms with Crippen LogP contribution < -0.4 is 10.6 Å². The third-order valence-electron chi connectivity index (χ3n) is 7.90. The number of carbonyl (C=O) groups excluding carboxylic acids is 8. The van der Waals surface area contributed by atoms with Gasteiger partial charge in [-0.05, 0) is 60.8 Å². The molecule has 2 atom stereocenters. The summed E-state index contributed by atoms with van der Waals surface area (Å²) in [4.78, 5) is 89.8. The van der Waals surface area contributed by atoms with E-state index in [1.165, 1.54) is 13.8 Å². The number of carbonyl (C=O) groups is 8. The molecule has 0 rings (SSSR count). The van der Waals surface area contributed by atoms with Crippen LogP contribution in [0.2, 0.25) is 0 Å². The van der Waals surface area contributed by atoms with Crippen LogP contribution in [0.4, 0.5) is 9.59 Å². The molecule has 0 heterocycles. The topological polar surface area (TPSA) is 255 Å². The number of amides is 2. The van der Waals surface area contributed by atoms with Crippen molar-refractivity contribution in [2.75, 3.05) is 65.9 Å². The van der Waals surface area contributed by atoms with Crippen molar-refractivity contribution in [3.8, 4) is 0 Å². The average Bonchev–Trinajstić information content (AvgIpc) is 3.21. The zero-order chi connectivity index (χ0) is 46.9. The van der Waals surface area contributed by atoms with Crippen molar-refractivity contribution in [1.82, 2.24) is 10.6 Å². The highest BCUT2D eigenvalue weighted by Gasteiger charge is 2.28. The summed E-state index contributed by atoms with van der Waals surface area (Å²) in [5.74, 6) is -2.83. The summed E-state index contributed by atoms with van der Waals surface area (Å²) in [5, 5.41) is 14.2. The van der Waals surface area contributed by atoms with Crippen LogP contribution in [0.25, 0.3) is 0 Å². The molecule has 0 fully saturated rings. The quantitative estimate of drug-likeness (QED) is 0.0501. The Morgan fingerprint density at radius 1 is 0.600 bits per heavy atom. The molecule has 0 aliphatic carbocycles. The Morgan fingerprint density at radius 3 is 1.37 bits per heavy atom. The molecule has 0 aliphatic heterocycles. The Bertz CT molecular complexity index is 1410. The summed E-state index contributed by atoms with van der Waals surface area (Å²) < 4.78 is 38.6. The van der Waals surface area contributed by atoms with Crippen molar-refractivity contribution in [3.63, 3.8) is 0 Å². The van der Waals surface area contributed by atoms with Gasteiger partial charge in [-0.25, -0.2) is 24.0 Å². The molecular formula is C41H68N2O17. The molecule has 0 saturated carbocycles. The van der Waals surface area contributed by atoms with Gasteiger partial charge < -0.3 is 53.6 Å². The van der Waals surface area contributed by atoms with Gasteiger partial charge in [0.2, 0.25) is 0 Å². The number of nitrogens with one attached hydrogen (secondary N) is 2. The Morgan fingerprint density at radius 2 is 0.983 bits per heavy atom. The summed E-state index contributed by atoms with van der Waals surface area (Å²) in [5.41, 5.74) is -0.535. The van der Waals surface area contributed by atoms with E-state index in [1.54, 1.807) is 34.6 Å². The first-order valence-corrected chi connectivity index (χ1v) is 19.4.